The molecule has 2 atom stereocenters. The molecule has 0 saturated heterocycles. The van der Waals surface area contributed by atoms with E-state index in [-0.39, 0.29) is 10.8 Å². The number of pyridine rings is 1. The third kappa shape index (κ3) is 4.10. The first-order chi connectivity index (χ1) is 8.43. The van der Waals surface area contributed by atoms with Gasteiger partial charge >= 0.3 is 5.97 Å². The van der Waals surface area contributed by atoms with Crippen molar-refractivity contribution in [3.05, 3.63) is 23.4 Å². The van der Waals surface area contributed by atoms with E-state index in [4.69, 9.17) is 5.11 Å². The van der Waals surface area contributed by atoms with Crippen molar-refractivity contribution in [1.82, 2.24) is 4.98 Å². The fraction of sp³-hybridized carbons (Fsp3) is 0.500. The number of carboxylic acids is 1. The Labute approximate surface area is 109 Å². The highest BCUT2D eigenvalue weighted by atomic mass is 32.2. The van der Waals surface area contributed by atoms with Gasteiger partial charge in [0.15, 0.2) is 0 Å². The minimum Gasteiger partial charge on any atom is -0.478 e. The molecule has 5 nitrogen and oxygen atoms in total. The molecular formula is C12H18N2O3S. The quantitative estimate of drug-likeness (QED) is 0.819. The van der Waals surface area contributed by atoms with Crippen LogP contribution in [0.5, 0.6) is 0 Å². The molecule has 0 spiro atoms. The van der Waals surface area contributed by atoms with Crippen LogP contribution in [0.25, 0.3) is 0 Å². The molecule has 18 heavy (non-hydrogen) atoms. The zero-order chi connectivity index (χ0) is 13.7. The number of aromatic nitrogens is 1. The first-order valence-electron chi connectivity index (χ1n) is 5.74. The van der Waals surface area contributed by atoms with Crippen molar-refractivity contribution in [2.24, 2.45) is 0 Å². The molecule has 0 aliphatic rings. The number of hydrogen-bond donors (Lipinski definition) is 2. The zero-order valence-corrected chi connectivity index (χ0v) is 11.6. The smallest absolute Gasteiger partial charge is 0.335 e. The Morgan fingerprint density at radius 2 is 2.22 bits per heavy atom. The SMILES string of the molecule is CCc1cc(C(=O)O)cc(NCC(C)S(C)=O)n1. The molecule has 0 aromatic carbocycles. The second kappa shape index (κ2) is 6.49. The van der Waals surface area contributed by atoms with Gasteiger partial charge in [-0.25, -0.2) is 9.78 Å². The van der Waals surface area contributed by atoms with Gasteiger partial charge in [-0.15, -0.1) is 0 Å². The van der Waals surface area contributed by atoms with Crippen LogP contribution in [0, 0.1) is 0 Å². The van der Waals surface area contributed by atoms with Crippen LogP contribution in [0.2, 0.25) is 0 Å². The van der Waals surface area contributed by atoms with E-state index < -0.39 is 16.8 Å². The van der Waals surface area contributed by atoms with Gasteiger partial charge < -0.3 is 10.4 Å². The predicted octanol–water partition coefficient (Wildman–Crippen LogP) is 1.52. The highest BCUT2D eigenvalue weighted by molar-refractivity contribution is 7.84. The third-order valence-electron chi connectivity index (χ3n) is 2.62. The van der Waals surface area contributed by atoms with Gasteiger partial charge in [-0.3, -0.25) is 4.21 Å². The Morgan fingerprint density at radius 1 is 1.56 bits per heavy atom. The first-order valence-corrected chi connectivity index (χ1v) is 7.36. The van der Waals surface area contributed by atoms with Crippen molar-refractivity contribution in [3.8, 4) is 0 Å². The van der Waals surface area contributed by atoms with Gasteiger partial charge in [-0.2, -0.15) is 0 Å². The van der Waals surface area contributed by atoms with E-state index in [0.717, 1.165) is 5.69 Å². The van der Waals surface area contributed by atoms with E-state index in [2.05, 4.69) is 10.3 Å². The molecule has 0 fully saturated rings. The maximum atomic E-state index is 11.2. The summed E-state index contributed by atoms with van der Waals surface area (Å²) in [5.74, 6) is -0.452. The molecule has 0 bridgehead atoms. The van der Waals surface area contributed by atoms with E-state index in [1.165, 1.54) is 6.07 Å². The Morgan fingerprint density at radius 3 is 2.72 bits per heavy atom. The zero-order valence-electron chi connectivity index (χ0n) is 10.8. The Hall–Kier alpha value is -1.43. The minimum atomic E-state index is -0.970. The lowest BCUT2D eigenvalue weighted by molar-refractivity contribution is 0.0696. The van der Waals surface area contributed by atoms with Crippen LogP contribution in [0.1, 0.15) is 29.9 Å². The second-order valence-electron chi connectivity index (χ2n) is 4.08. The summed E-state index contributed by atoms with van der Waals surface area (Å²) in [6.45, 7) is 4.29. The maximum absolute atomic E-state index is 11.2. The molecule has 0 saturated carbocycles. The largest absolute Gasteiger partial charge is 0.478 e. The van der Waals surface area contributed by atoms with Crippen LogP contribution in [-0.2, 0) is 17.2 Å². The monoisotopic (exact) mass is 270 g/mol. The summed E-state index contributed by atoms with van der Waals surface area (Å²) in [6.07, 6.45) is 2.32. The molecule has 0 amide bonds. The minimum absolute atomic E-state index is 0.00893. The van der Waals surface area contributed by atoms with Crippen LogP contribution in [0.3, 0.4) is 0 Å². The number of carboxylic acid groups (broad SMARTS) is 1. The van der Waals surface area contributed by atoms with Gasteiger partial charge in [-0.05, 0) is 25.5 Å². The fourth-order valence-electron chi connectivity index (χ4n) is 1.35. The van der Waals surface area contributed by atoms with Crippen molar-refractivity contribution in [1.29, 1.82) is 0 Å². The van der Waals surface area contributed by atoms with Gasteiger partial charge in [-0.1, -0.05) is 6.92 Å². The van der Waals surface area contributed by atoms with Crippen molar-refractivity contribution in [3.63, 3.8) is 0 Å². The molecular weight excluding hydrogens is 252 g/mol. The number of anilines is 1. The molecule has 6 heteroatoms. The second-order valence-corrected chi connectivity index (χ2v) is 5.88. The number of carbonyl (C=O) groups is 1. The number of nitrogens with zero attached hydrogens (tertiary/aromatic N) is 1. The summed E-state index contributed by atoms with van der Waals surface area (Å²) in [5, 5.41) is 12.0. The molecule has 0 aliphatic carbocycles. The standard InChI is InChI=1S/C12H18N2O3S/c1-4-10-5-9(12(15)16)6-11(14-10)13-7-8(2)18(3)17/h5-6,8H,4,7H2,1-3H3,(H,13,14)(H,15,16). The van der Waals surface area contributed by atoms with Gasteiger partial charge in [0.2, 0.25) is 0 Å². The van der Waals surface area contributed by atoms with E-state index >= 15 is 0 Å². The van der Waals surface area contributed by atoms with Crippen LogP contribution in [-0.4, -0.2) is 38.3 Å². The third-order valence-corrected chi connectivity index (χ3v) is 3.92. The molecule has 2 unspecified atom stereocenters. The van der Waals surface area contributed by atoms with Crippen LogP contribution >= 0.6 is 0 Å². The summed E-state index contributed by atoms with van der Waals surface area (Å²) in [4.78, 5) is 15.3. The first kappa shape index (κ1) is 14.6. The average molecular weight is 270 g/mol. The number of hydrogen-bond acceptors (Lipinski definition) is 4. The van der Waals surface area contributed by atoms with Gasteiger partial charge in [0.1, 0.15) is 5.82 Å². The van der Waals surface area contributed by atoms with E-state index in [1.54, 1.807) is 12.3 Å². The summed E-state index contributed by atoms with van der Waals surface area (Å²) in [5.41, 5.74) is 0.942. The van der Waals surface area contributed by atoms with E-state index in [1.807, 2.05) is 13.8 Å². The summed E-state index contributed by atoms with van der Waals surface area (Å²) in [7, 11) is -0.912. The Balaban J connectivity index is 2.85. The molecule has 0 radical (unpaired) electrons. The van der Waals surface area contributed by atoms with Gasteiger partial charge in [0, 0.05) is 34.5 Å². The summed E-state index contributed by atoms with van der Waals surface area (Å²) >= 11 is 0. The number of aromatic carboxylic acids is 1. The lowest BCUT2D eigenvalue weighted by Crippen LogP contribution is -2.21. The van der Waals surface area contributed by atoms with Crippen molar-refractivity contribution < 1.29 is 14.1 Å². The maximum Gasteiger partial charge on any atom is 0.335 e. The summed E-state index contributed by atoms with van der Waals surface area (Å²) in [6, 6.07) is 3.06. The Kier molecular flexibility index (Phi) is 5.27. The lowest BCUT2D eigenvalue weighted by atomic mass is 10.2. The molecule has 2 N–H and O–H groups in total. The highest BCUT2D eigenvalue weighted by Gasteiger charge is 2.10. The topological polar surface area (TPSA) is 79.3 Å². The highest BCUT2D eigenvalue weighted by Crippen LogP contribution is 2.11. The number of nitrogens with one attached hydrogen (secondary N) is 1. The molecule has 1 heterocycles. The normalized spacial score (nSPS) is 13.9. The lowest BCUT2D eigenvalue weighted by Gasteiger charge is -2.12. The van der Waals surface area contributed by atoms with Crippen LogP contribution in [0.4, 0.5) is 5.82 Å². The van der Waals surface area contributed by atoms with Crippen LogP contribution < -0.4 is 5.32 Å². The number of aryl methyl sites for hydroxylation is 1. The molecule has 0 aliphatic heterocycles. The molecule has 1 rings (SSSR count). The average Bonchev–Trinajstić information content (AvgIpc) is 2.35. The Bertz CT molecular complexity index is 463. The predicted molar refractivity (Wildman–Crippen MR) is 72.6 cm³/mol. The van der Waals surface area contributed by atoms with E-state index in [0.29, 0.717) is 18.8 Å². The van der Waals surface area contributed by atoms with Crippen molar-refractivity contribution in [2.75, 3.05) is 18.1 Å². The van der Waals surface area contributed by atoms with Gasteiger partial charge in [0.25, 0.3) is 0 Å². The fourth-order valence-corrected chi connectivity index (χ4v) is 1.67. The molecule has 100 valence electrons. The summed E-state index contributed by atoms with van der Waals surface area (Å²) < 4.78 is 11.2. The van der Waals surface area contributed by atoms with Crippen molar-refractivity contribution >= 4 is 22.6 Å². The van der Waals surface area contributed by atoms with E-state index in [9.17, 15) is 9.00 Å². The van der Waals surface area contributed by atoms with Crippen molar-refractivity contribution in [2.45, 2.75) is 25.5 Å². The molecule has 1 aromatic heterocycles. The van der Waals surface area contributed by atoms with Crippen LogP contribution in [0.15, 0.2) is 12.1 Å². The molecule has 1 aromatic rings. The number of rotatable bonds is 6. The van der Waals surface area contributed by atoms with Gasteiger partial charge in [0.05, 0.1) is 5.56 Å².